The van der Waals surface area contributed by atoms with Crippen molar-refractivity contribution in [3.05, 3.63) is 35.6 Å². The minimum atomic E-state index is -0.242. The minimum Gasteiger partial charge on any atom is -0.318 e. The summed E-state index contributed by atoms with van der Waals surface area (Å²) in [5.41, 5.74) is 0.965. The molecular weight excluding hydrogens is 267 g/mol. The molecule has 1 aromatic rings. The molecule has 21 heavy (non-hydrogen) atoms. The van der Waals surface area contributed by atoms with Gasteiger partial charge in [-0.15, -0.1) is 0 Å². The molecule has 1 N–H and O–H groups in total. The molecular formula is C17H23FN2O. The molecule has 1 saturated heterocycles. The Morgan fingerprint density at radius 1 is 1.14 bits per heavy atom. The molecule has 1 aliphatic carbocycles. The van der Waals surface area contributed by atoms with Crippen LogP contribution in [0.2, 0.25) is 0 Å². The number of nitrogens with one attached hydrogen (secondary N) is 1. The van der Waals surface area contributed by atoms with Crippen LogP contribution in [0.5, 0.6) is 0 Å². The van der Waals surface area contributed by atoms with Crippen LogP contribution in [-0.4, -0.2) is 22.9 Å². The van der Waals surface area contributed by atoms with Gasteiger partial charge in [0, 0.05) is 6.04 Å². The van der Waals surface area contributed by atoms with E-state index in [0.29, 0.717) is 12.0 Å². The molecule has 0 spiro atoms. The van der Waals surface area contributed by atoms with Crippen LogP contribution in [0.4, 0.5) is 4.39 Å². The predicted octanol–water partition coefficient (Wildman–Crippen LogP) is 3.22. The summed E-state index contributed by atoms with van der Waals surface area (Å²) in [7, 11) is 0. The third-order valence-corrected chi connectivity index (χ3v) is 4.92. The summed E-state index contributed by atoms with van der Waals surface area (Å²) in [6, 6.07) is 6.60. The molecule has 3 nitrogen and oxygen atoms in total. The van der Waals surface area contributed by atoms with Crippen LogP contribution in [0, 0.1) is 11.7 Å². The molecule has 1 saturated carbocycles. The van der Waals surface area contributed by atoms with Gasteiger partial charge in [0.1, 0.15) is 12.0 Å². The zero-order valence-electron chi connectivity index (χ0n) is 12.7. The van der Waals surface area contributed by atoms with Crippen molar-refractivity contribution in [2.24, 2.45) is 5.92 Å². The molecule has 0 aromatic heterocycles. The zero-order chi connectivity index (χ0) is 15.0. The van der Waals surface area contributed by atoms with Crippen LogP contribution >= 0.6 is 0 Å². The first-order chi connectivity index (χ1) is 10.1. The second kappa shape index (κ2) is 5.76. The molecule has 0 radical (unpaired) electrons. The van der Waals surface area contributed by atoms with Crippen molar-refractivity contribution in [1.29, 1.82) is 0 Å². The van der Waals surface area contributed by atoms with Crippen LogP contribution in [0.15, 0.2) is 24.3 Å². The van der Waals surface area contributed by atoms with E-state index >= 15 is 0 Å². The van der Waals surface area contributed by atoms with Gasteiger partial charge in [-0.3, -0.25) is 10.1 Å². The number of carbonyl (C=O) groups is 1. The molecule has 0 bridgehead atoms. The standard InChI is InChI=1S/C17H23FN2O/c1-11-5-3-4-6-15(11)20-16(19-12(2)17(20)21)13-7-9-14(18)10-8-13/h7-12,15-16,19H,3-6H2,1-2H3. The van der Waals surface area contributed by atoms with Gasteiger partial charge in [0.15, 0.2) is 0 Å². The van der Waals surface area contributed by atoms with Crippen molar-refractivity contribution >= 4 is 5.91 Å². The summed E-state index contributed by atoms with van der Waals surface area (Å²) in [5, 5.41) is 3.36. The van der Waals surface area contributed by atoms with Crippen LogP contribution in [-0.2, 0) is 4.79 Å². The van der Waals surface area contributed by atoms with Gasteiger partial charge in [-0.05, 0) is 43.4 Å². The van der Waals surface area contributed by atoms with E-state index < -0.39 is 0 Å². The molecule has 4 atom stereocenters. The second-order valence-corrected chi connectivity index (χ2v) is 6.42. The topological polar surface area (TPSA) is 32.3 Å². The molecule has 2 fully saturated rings. The molecule has 114 valence electrons. The van der Waals surface area contributed by atoms with E-state index in [1.807, 2.05) is 11.8 Å². The number of carbonyl (C=O) groups excluding carboxylic acids is 1. The molecule has 1 heterocycles. The molecule has 4 heteroatoms. The molecule has 2 aliphatic rings. The van der Waals surface area contributed by atoms with Gasteiger partial charge in [-0.1, -0.05) is 31.9 Å². The van der Waals surface area contributed by atoms with Gasteiger partial charge < -0.3 is 4.90 Å². The third kappa shape index (κ3) is 2.69. The minimum absolute atomic E-state index is 0.126. The van der Waals surface area contributed by atoms with Crippen LogP contribution < -0.4 is 5.32 Å². The van der Waals surface area contributed by atoms with Crippen molar-refractivity contribution in [3.8, 4) is 0 Å². The Bertz CT molecular complexity index is 516. The Hall–Kier alpha value is -1.42. The van der Waals surface area contributed by atoms with E-state index in [0.717, 1.165) is 12.0 Å². The quantitative estimate of drug-likeness (QED) is 0.907. The van der Waals surface area contributed by atoms with E-state index in [-0.39, 0.29) is 23.9 Å². The van der Waals surface area contributed by atoms with E-state index in [2.05, 4.69) is 12.2 Å². The van der Waals surface area contributed by atoms with Crippen molar-refractivity contribution in [2.45, 2.75) is 57.8 Å². The first-order valence-corrected chi connectivity index (χ1v) is 7.91. The number of hydrogen-bond donors (Lipinski definition) is 1. The Kier molecular flexibility index (Phi) is 3.98. The van der Waals surface area contributed by atoms with Crippen LogP contribution in [0.1, 0.15) is 51.3 Å². The summed E-state index contributed by atoms with van der Waals surface area (Å²) in [5.74, 6) is 0.453. The van der Waals surface area contributed by atoms with E-state index in [1.165, 1.54) is 31.4 Å². The highest BCUT2D eigenvalue weighted by Gasteiger charge is 2.43. The van der Waals surface area contributed by atoms with E-state index in [9.17, 15) is 9.18 Å². The molecule has 1 amide bonds. The average Bonchev–Trinajstić information content (AvgIpc) is 2.77. The van der Waals surface area contributed by atoms with Gasteiger partial charge >= 0.3 is 0 Å². The average molecular weight is 290 g/mol. The summed E-state index contributed by atoms with van der Waals surface area (Å²) in [6.07, 6.45) is 4.56. The fourth-order valence-corrected chi connectivity index (χ4v) is 3.71. The van der Waals surface area contributed by atoms with Gasteiger partial charge in [0.25, 0.3) is 0 Å². The lowest BCUT2D eigenvalue weighted by Gasteiger charge is -2.39. The monoisotopic (exact) mass is 290 g/mol. The Labute approximate surface area is 125 Å². The lowest BCUT2D eigenvalue weighted by Crippen LogP contribution is -2.45. The number of nitrogens with zero attached hydrogens (tertiary/aromatic N) is 1. The van der Waals surface area contributed by atoms with Crippen molar-refractivity contribution < 1.29 is 9.18 Å². The number of amides is 1. The summed E-state index contributed by atoms with van der Waals surface area (Å²) < 4.78 is 13.1. The van der Waals surface area contributed by atoms with E-state index in [4.69, 9.17) is 0 Å². The highest BCUT2D eigenvalue weighted by atomic mass is 19.1. The number of halogens is 1. The summed E-state index contributed by atoms with van der Waals surface area (Å²) in [4.78, 5) is 14.6. The molecule has 1 aliphatic heterocycles. The van der Waals surface area contributed by atoms with Crippen molar-refractivity contribution in [2.75, 3.05) is 0 Å². The smallest absolute Gasteiger partial charge is 0.241 e. The largest absolute Gasteiger partial charge is 0.318 e. The van der Waals surface area contributed by atoms with Crippen LogP contribution in [0.3, 0.4) is 0 Å². The summed E-state index contributed by atoms with van der Waals surface area (Å²) >= 11 is 0. The van der Waals surface area contributed by atoms with Crippen molar-refractivity contribution in [3.63, 3.8) is 0 Å². The maximum atomic E-state index is 13.1. The van der Waals surface area contributed by atoms with Gasteiger partial charge in [0.05, 0.1) is 6.04 Å². The Morgan fingerprint density at radius 2 is 1.81 bits per heavy atom. The zero-order valence-corrected chi connectivity index (χ0v) is 12.7. The molecule has 1 aromatic carbocycles. The highest BCUT2D eigenvalue weighted by Crippen LogP contribution is 2.36. The Morgan fingerprint density at radius 3 is 2.48 bits per heavy atom. The number of benzene rings is 1. The van der Waals surface area contributed by atoms with Gasteiger partial charge in [-0.25, -0.2) is 4.39 Å². The molecule has 3 rings (SSSR count). The summed E-state index contributed by atoms with van der Waals surface area (Å²) in [6.45, 7) is 4.15. The first kappa shape index (κ1) is 14.5. The third-order valence-electron chi connectivity index (χ3n) is 4.92. The fourth-order valence-electron chi connectivity index (χ4n) is 3.71. The van der Waals surface area contributed by atoms with Crippen molar-refractivity contribution in [1.82, 2.24) is 10.2 Å². The highest BCUT2D eigenvalue weighted by molar-refractivity contribution is 5.84. The van der Waals surface area contributed by atoms with E-state index in [1.54, 1.807) is 12.1 Å². The first-order valence-electron chi connectivity index (χ1n) is 7.91. The maximum Gasteiger partial charge on any atom is 0.241 e. The number of rotatable bonds is 2. The predicted molar refractivity (Wildman–Crippen MR) is 80.0 cm³/mol. The maximum absolute atomic E-state index is 13.1. The lowest BCUT2D eigenvalue weighted by atomic mass is 9.84. The fraction of sp³-hybridized carbons (Fsp3) is 0.588. The second-order valence-electron chi connectivity index (χ2n) is 6.42. The van der Waals surface area contributed by atoms with Gasteiger partial charge in [0.2, 0.25) is 5.91 Å². The number of hydrogen-bond acceptors (Lipinski definition) is 2. The lowest BCUT2D eigenvalue weighted by molar-refractivity contribution is -0.134. The van der Waals surface area contributed by atoms with Crippen LogP contribution in [0.25, 0.3) is 0 Å². The van der Waals surface area contributed by atoms with Gasteiger partial charge in [-0.2, -0.15) is 0 Å². The molecule has 4 unspecified atom stereocenters. The Balaban J connectivity index is 1.90. The SMILES string of the molecule is CC1NC(c2ccc(F)cc2)N(C2CCCCC2C)C1=O. The normalized spacial score (nSPS) is 33.5.